The van der Waals surface area contributed by atoms with Gasteiger partial charge in [-0.15, -0.1) is 0 Å². The van der Waals surface area contributed by atoms with Crippen LogP contribution in [-0.2, 0) is 4.74 Å². The lowest BCUT2D eigenvalue weighted by atomic mass is 9.99. The van der Waals surface area contributed by atoms with Gasteiger partial charge in [0.25, 0.3) is 0 Å². The van der Waals surface area contributed by atoms with Gasteiger partial charge in [-0.3, -0.25) is 0 Å². The molecule has 0 aromatic heterocycles. The maximum Gasteiger partial charge on any atom is 0.407 e. The van der Waals surface area contributed by atoms with Crippen molar-refractivity contribution < 1.29 is 9.53 Å². The van der Waals surface area contributed by atoms with E-state index in [1.165, 1.54) is 21.9 Å². The molecule has 0 aliphatic rings. The van der Waals surface area contributed by atoms with Gasteiger partial charge in [0.2, 0.25) is 0 Å². The Labute approximate surface area is 132 Å². The van der Waals surface area contributed by atoms with Crippen molar-refractivity contribution in [2.24, 2.45) is 0 Å². The maximum atomic E-state index is 11.6. The van der Waals surface area contributed by atoms with Gasteiger partial charge in [0, 0.05) is 6.54 Å². The molecule has 0 spiro atoms. The average molecular weight is 297 g/mol. The van der Waals surface area contributed by atoms with Crippen LogP contribution in [-0.4, -0.2) is 18.2 Å². The Bertz CT molecular complexity index is 696. The van der Waals surface area contributed by atoms with E-state index in [1.807, 2.05) is 39.0 Å². The van der Waals surface area contributed by atoms with Gasteiger partial charge >= 0.3 is 6.09 Å². The molecule has 2 aromatic rings. The maximum absolute atomic E-state index is 11.6. The molecule has 0 aliphatic carbocycles. The molecule has 0 fully saturated rings. The Morgan fingerprint density at radius 3 is 2.64 bits per heavy atom. The molecule has 2 aromatic carbocycles. The molecule has 116 valence electrons. The van der Waals surface area contributed by atoms with Gasteiger partial charge in [-0.25, -0.2) is 4.79 Å². The van der Waals surface area contributed by atoms with Crippen molar-refractivity contribution >= 4 is 22.9 Å². The highest BCUT2D eigenvalue weighted by Crippen LogP contribution is 2.23. The van der Waals surface area contributed by atoms with Crippen LogP contribution in [0.5, 0.6) is 0 Å². The molecule has 3 nitrogen and oxygen atoms in total. The summed E-state index contributed by atoms with van der Waals surface area (Å²) < 4.78 is 5.20. The van der Waals surface area contributed by atoms with Crippen molar-refractivity contribution in [1.82, 2.24) is 5.32 Å². The minimum atomic E-state index is -0.472. The van der Waals surface area contributed by atoms with E-state index in [2.05, 4.69) is 42.6 Å². The van der Waals surface area contributed by atoms with Crippen LogP contribution >= 0.6 is 0 Å². The third-order valence-corrected chi connectivity index (χ3v) is 3.24. The molecule has 0 unspecified atom stereocenters. The lowest BCUT2D eigenvalue weighted by Gasteiger charge is -2.19. The molecule has 0 aliphatic heterocycles. The van der Waals surface area contributed by atoms with Crippen LogP contribution in [0.25, 0.3) is 16.8 Å². The number of nitrogens with one attached hydrogen (secondary N) is 1. The minimum Gasteiger partial charge on any atom is -0.444 e. The Hall–Kier alpha value is -2.29. The van der Waals surface area contributed by atoms with E-state index >= 15 is 0 Å². The molecule has 2 rings (SSSR count). The fourth-order valence-electron chi connectivity index (χ4n) is 2.26. The Balaban J connectivity index is 2.05. The monoisotopic (exact) mass is 297 g/mol. The lowest BCUT2D eigenvalue weighted by Crippen LogP contribution is -2.32. The van der Waals surface area contributed by atoms with Crippen LogP contribution in [0.15, 0.2) is 42.5 Å². The molecule has 1 N–H and O–H groups in total. The van der Waals surface area contributed by atoms with Gasteiger partial charge in [-0.2, -0.15) is 0 Å². The quantitative estimate of drug-likeness (QED) is 0.892. The summed E-state index contributed by atoms with van der Waals surface area (Å²) in [6.07, 6.45) is 3.60. The molecular weight excluding hydrogens is 274 g/mol. The Morgan fingerprint density at radius 1 is 1.18 bits per heavy atom. The first-order valence-corrected chi connectivity index (χ1v) is 7.48. The van der Waals surface area contributed by atoms with E-state index in [1.54, 1.807) is 0 Å². The predicted molar refractivity (Wildman–Crippen MR) is 92.0 cm³/mol. The third kappa shape index (κ3) is 4.35. The van der Waals surface area contributed by atoms with Crippen LogP contribution in [0.4, 0.5) is 4.79 Å². The van der Waals surface area contributed by atoms with E-state index in [9.17, 15) is 4.79 Å². The number of benzene rings is 2. The van der Waals surface area contributed by atoms with Gasteiger partial charge in [0.1, 0.15) is 5.60 Å². The lowest BCUT2D eigenvalue weighted by molar-refractivity contribution is 0.0534. The zero-order valence-electron chi connectivity index (χ0n) is 13.6. The summed E-state index contributed by atoms with van der Waals surface area (Å²) in [5.74, 6) is 0. The smallest absolute Gasteiger partial charge is 0.407 e. The number of carbonyl (C=O) groups excluding carboxylic acids is 1. The van der Waals surface area contributed by atoms with Crippen LogP contribution in [0.2, 0.25) is 0 Å². The largest absolute Gasteiger partial charge is 0.444 e. The standard InChI is InChI=1S/C19H23NO2/c1-14-11-12-15-8-5-6-9-17(15)16(14)10-7-13-20-18(21)22-19(2,3)4/h5-12H,13H2,1-4H3,(H,20,21). The number of fused-ring (bicyclic) bond motifs is 1. The molecule has 0 atom stereocenters. The van der Waals surface area contributed by atoms with Crippen molar-refractivity contribution in [2.75, 3.05) is 6.54 Å². The summed E-state index contributed by atoms with van der Waals surface area (Å²) in [6.45, 7) is 8.08. The molecule has 1 amide bonds. The van der Waals surface area contributed by atoms with Crippen LogP contribution in [0, 0.1) is 6.92 Å². The fraction of sp³-hybridized carbons (Fsp3) is 0.316. The Morgan fingerprint density at radius 2 is 1.91 bits per heavy atom. The first kappa shape index (κ1) is 16.1. The second kappa shape index (κ2) is 6.65. The number of rotatable bonds is 3. The van der Waals surface area contributed by atoms with Crippen LogP contribution in [0.3, 0.4) is 0 Å². The number of alkyl carbamates (subject to hydrolysis) is 1. The summed E-state index contributed by atoms with van der Waals surface area (Å²) in [6, 6.07) is 12.5. The summed E-state index contributed by atoms with van der Waals surface area (Å²) in [4.78, 5) is 11.6. The molecule has 22 heavy (non-hydrogen) atoms. The topological polar surface area (TPSA) is 38.3 Å². The van der Waals surface area contributed by atoms with Crippen molar-refractivity contribution in [3.8, 4) is 0 Å². The number of carbonyl (C=O) groups is 1. The average Bonchev–Trinajstić information content (AvgIpc) is 2.43. The van der Waals surface area contributed by atoms with E-state index in [4.69, 9.17) is 4.74 Å². The van der Waals surface area contributed by atoms with Crippen molar-refractivity contribution in [3.63, 3.8) is 0 Å². The molecule has 0 heterocycles. The highest BCUT2D eigenvalue weighted by Gasteiger charge is 2.14. The SMILES string of the molecule is Cc1ccc2ccccc2c1C=CCNC(=O)OC(C)(C)C. The number of ether oxygens (including phenoxy) is 1. The normalized spacial score (nSPS) is 11.8. The first-order valence-electron chi connectivity index (χ1n) is 7.48. The van der Waals surface area contributed by atoms with Gasteiger partial charge in [-0.1, -0.05) is 48.6 Å². The van der Waals surface area contributed by atoms with Crippen molar-refractivity contribution in [2.45, 2.75) is 33.3 Å². The van der Waals surface area contributed by atoms with Gasteiger partial charge in [-0.05, 0) is 49.6 Å². The molecule has 0 bridgehead atoms. The van der Waals surface area contributed by atoms with E-state index < -0.39 is 11.7 Å². The summed E-state index contributed by atoms with van der Waals surface area (Å²) in [5.41, 5.74) is 1.93. The second-order valence-electron chi connectivity index (χ2n) is 6.30. The van der Waals surface area contributed by atoms with E-state index in [0.29, 0.717) is 6.54 Å². The summed E-state index contributed by atoms with van der Waals surface area (Å²) >= 11 is 0. The van der Waals surface area contributed by atoms with Gasteiger partial charge in [0.15, 0.2) is 0 Å². The number of amides is 1. The number of hydrogen-bond acceptors (Lipinski definition) is 2. The van der Waals surface area contributed by atoms with Crippen LogP contribution < -0.4 is 5.32 Å². The molecule has 0 radical (unpaired) electrons. The van der Waals surface area contributed by atoms with E-state index in [-0.39, 0.29) is 0 Å². The molecule has 3 heteroatoms. The van der Waals surface area contributed by atoms with Crippen molar-refractivity contribution in [3.05, 3.63) is 53.6 Å². The van der Waals surface area contributed by atoms with Gasteiger partial charge < -0.3 is 10.1 Å². The third-order valence-electron chi connectivity index (χ3n) is 3.24. The molecular formula is C19H23NO2. The molecule has 0 saturated carbocycles. The predicted octanol–water partition coefficient (Wildman–Crippen LogP) is 4.69. The van der Waals surface area contributed by atoms with E-state index in [0.717, 1.165) is 0 Å². The highest BCUT2D eigenvalue weighted by molar-refractivity contribution is 5.91. The van der Waals surface area contributed by atoms with Crippen LogP contribution in [0.1, 0.15) is 31.9 Å². The number of hydrogen-bond donors (Lipinski definition) is 1. The zero-order chi connectivity index (χ0) is 16.2. The van der Waals surface area contributed by atoms with Gasteiger partial charge in [0.05, 0.1) is 0 Å². The Kier molecular flexibility index (Phi) is 4.86. The highest BCUT2D eigenvalue weighted by atomic mass is 16.6. The van der Waals surface area contributed by atoms with Crippen molar-refractivity contribution in [1.29, 1.82) is 0 Å². The summed E-state index contributed by atoms with van der Waals surface area (Å²) in [7, 11) is 0. The minimum absolute atomic E-state index is 0.396. The zero-order valence-corrected chi connectivity index (χ0v) is 13.6. The number of aryl methyl sites for hydroxylation is 1. The fourth-order valence-corrected chi connectivity index (χ4v) is 2.26. The second-order valence-corrected chi connectivity index (χ2v) is 6.30. The summed E-state index contributed by atoms with van der Waals surface area (Å²) in [5, 5.41) is 5.16. The molecule has 0 saturated heterocycles. The first-order chi connectivity index (χ1) is 10.4.